The van der Waals surface area contributed by atoms with Crippen molar-refractivity contribution in [3.63, 3.8) is 0 Å². The molecule has 0 saturated carbocycles. The molecular formula is C20H18BrN3O4. The minimum atomic E-state index is -0.790. The minimum absolute atomic E-state index is 0.0223. The van der Waals surface area contributed by atoms with E-state index in [2.05, 4.69) is 26.2 Å². The predicted molar refractivity (Wildman–Crippen MR) is 106 cm³/mol. The Morgan fingerprint density at radius 1 is 1.25 bits per heavy atom. The van der Waals surface area contributed by atoms with E-state index in [4.69, 9.17) is 4.74 Å². The van der Waals surface area contributed by atoms with Crippen molar-refractivity contribution >= 4 is 27.8 Å². The highest BCUT2D eigenvalue weighted by atomic mass is 79.9. The number of aryl methyl sites for hydroxylation is 1. The maximum absolute atomic E-state index is 12.4. The van der Waals surface area contributed by atoms with Crippen molar-refractivity contribution in [3.05, 3.63) is 82.3 Å². The first-order valence-electron chi connectivity index (χ1n) is 8.43. The van der Waals surface area contributed by atoms with Crippen molar-refractivity contribution in [2.24, 2.45) is 7.05 Å². The molecule has 0 aliphatic heterocycles. The van der Waals surface area contributed by atoms with Gasteiger partial charge in [-0.25, -0.2) is 9.78 Å². The zero-order valence-corrected chi connectivity index (χ0v) is 16.6. The van der Waals surface area contributed by atoms with Crippen molar-refractivity contribution in [1.82, 2.24) is 14.9 Å². The number of amides is 1. The van der Waals surface area contributed by atoms with Crippen molar-refractivity contribution in [1.29, 1.82) is 0 Å². The molecule has 2 N–H and O–H groups in total. The van der Waals surface area contributed by atoms with Crippen LogP contribution in [-0.4, -0.2) is 33.1 Å². The molecule has 0 aliphatic rings. The molecule has 8 heteroatoms. The second kappa shape index (κ2) is 8.71. The Hall–Kier alpha value is -3.13. The Balaban J connectivity index is 1.70. The standard InChI is InChI=1S/C20H18BrN3O4/c1-24-10-9-22-19(24)18(13-5-3-2-4-6-13)23-17(26)12-28-20(27)15-11-14(21)7-8-16(15)25/h2-11,18,25H,12H2,1H3,(H,23,26). The number of hydrogen-bond acceptors (Lipinski definition) is 5. The number of nitrogens with zero attached hydrogens (tertiary/aromatic N) is 2. The number of nitrogens with one attached hydrogen (secondary N) is 1. The van der Waals surface area contributed by atoms with Gasteiger partial charge in [0.05, 0.1) is 0 Å². The Kier molecular flexibility index (Phi) is 6.10. The summed E-state index contributed by atoms with van der Waals surface area (Å²) in [5, 5.41) is 12.6. The average molecular weight is 444 g/mol. The van der Waals surface area contributed by atoms with Crippen LogP contribution < -0.4 is 5.32 Å². The fourth-order valence-corrected chi connectivity index (χ4v) is 3.04. The van der Waals surface area contributed by atoms with Crippen LogP contribution in [0.25, 0.3) is 0 Å². The van der Waals surface area contributed by atoms with Gasteiger partial charge in [-0.05, 0) is 23.8 Å². The summed E-state index contributed by atoms with van der Waals surface area (Å²) in [5.74, 6) is -0.846. The number of aromatic nitrogens is 2. The Bertz CT molecular complexity index is 988. The molecule has 3 rings (SSSR count). The number of benzene rings is 2. The second-order valence-corrected chi connectivity index (χ2v) is 6.96. The highest BCUT2D eigenvalue weighted by Crippen LogP contribution is 2.23. The molecular weight excluding hydrogens is 426 g/mol. The highest BCUT2D eigenvalue weighted by Gasteiger charge is 2.22. The molecule has 2 aromatic carbocycles. The number of aromatic hydroxyl groups is 1. The number of carbonyl (C=O) groups is 2. The molecule has 7 nitrogen and oxygen atoms in total. The van der Waals surface area contributed by atoms with Gasteiger partial charge in [0.2, 0.25) is 0 Å². The van der Waals surface area contributed by atoms with Crippen LogP contribution in [0, 0.1) is 0 Å². The van der Waals surface area contributed by atoms with Crippen LogP contribution in [0.4, 0.5) is 0 Å². The van der Waals surface area contributed by atoms with Gasteiger partial charge in [0, 0.05) is 23.9 Å². The summed E-state index contributed by atoms with van der Waals surface area (Å²) in [6, 6.07) is 13.3. The maximum atomic E-state index is 12.4. The van der Waals surface area contributed by atoms with Crippen molar-refractivity contribution in [2.45, 2.75) is 6.04 Å². The Labute approximate surface area is 170 Å². The number of esters is 1. The van der Waals surface area contributed by atoms with Crippen LogP contribution in [-0.2, 0) is 16.6 Å². The molecule has 3 aromatic rings. The van der Waals surface area contributed by atoms with E-state index in [0.717, 1.165) is 5.56 Å². The third-order valence-electron chi connectivity index (χ3n) is 4.07. The molecule has 0 spiro atoms. The number of hydrogen-bond donors (Lipinski definition) is 2. The number of phenols is 1. The third kappa shape index (κ3) is 4.58. The van der Waals surface area contributed by atoms with Gasteiger partial charge in [-0.1, -0.05) is 46.3 Å². The lowest BCUT2D eigenvalue weighted by Gasteiger charge is -2.19. The first kappa shape index (κ1) is 19.6. The lowest BCUT2D eigenvalue weighted by atomic mass is 10.1. The molecule has 1 atom stereocenters. The largest absolute Gasteiger partial charge is 0.507 e. The summed E-state index contributed by atoms with van der Waals surface area (Å²) in [5.41, 5.74) is 0.826. The third-order valence-corrected chi connectivity index (χ3v) is 4.56. The zero-order valence-electron chi connectivity index (χ0n) is 15.0. The summed E-state index contributed by atoms with van der Waals surface area (Å²) in [7, 11) is 1.83. The van der Waals surface area contributed by atoms with Gasteiger partial charge in [0.25, 0.3) is 5.91 Å². The van der Waals surface area contributed by atoms with Gasteiger partial charge in [-0.2, -0.15) is 0 Å². The first-order valence-corrected chi connectivity index (χ1v) is 9.22. The van der Waals surface area contributed by atoms with E-state index in [-0.39, 0.29) is 11.3 Å². The van der Waals surface area contributed by atoms with Crippen LogP contribution in [0.5, 0.6) is 5.75 Å². The van der Waals surface area contributed by atoms with Crippen LogP contribution in [0.3, 0.4) is 0 Å². The number of carbonyl (C=O) groups excluding carboxylic acids is 2. The molecule has 0 bridgehead atoms. The number of rotatable bonds is 6. The summed E-state index contributed by atoms with van der Waals surface area (Å²) in [6.07, 6.45) is 3.43. The molecule has 1 unspecified atom stereocenters. The fraction of sp³-hybridized carbons (Fsp3) is 0.150. The number of imidazole rings is 1. The molecule has 144 valence electrons. The van der Waals surface area contributed by atoms with E-state index in [9.17, 15) is 14.7 Å². The van der Waals surface area contributed by atoms with Crippen molar-refractivity contribution in [3.8, 4) is 5.75 Å². The predicted octanol–water partition coefficient (Wildman–Crippen LogP) is 2.95. The smallest absolute Gasteiger partial charge is 0.342 e. The highest BCUT2D eigenvalue weighted by molar-refractivity contribution is 9.10. The zero-order chi connectivity index (χ0) is 20.1. The normalized spacial score (nSPS) is 11.6. The minimum Gasteiger partial charge on any atom is -0.507 e. The molecule has 1 heterocycles. The van der Waals surface area contributed by atoms with E-state index in [1.807, 2.05) is 41.9 Å². The molecule has 0 radical (unpaired) electrons. The lowest BCUT2D eigenvalue weighted by molar-refractivity contribution is -0.124. The lowest BCUT2D eigenvalue weighted by Crippen LogP contribution is -2.34. The Morgan fingerprint density at radius 3 is 2.68 bits per heavy atom. The van der Waals surface area contributed by atoms with E-state index in [0.29, 0.717) is 10.3 Å². The summed E-state index contributed by atoms with van der Waals surface area (Å²) < 4.78 is 7.47. The molecule has 0 saturated heterocycles. The van der Waals surface area contributed by atoms with Gasteiger partial charge >= 0.3 is 5.97 Å². The van der Waals surface area contributed by atoms with Crippen molar-refractivity contribution in [2.75, 3.05) is 6.61 Å². The quantitative estimate of drug-likeness (QED) is 0.571. The average Bonchev–Trinajstić information content (AvgIpc) is 3.12. The summed E-state index contributed by atoms with van der Waals surface area (Å²) >= 11 is 3.22. The number of halogens is 1. The van der Waals surface area contributed by atoms with Gasteiger partial charge in [-0.3, -0.25) is 4.79 Å². The fourth-order valence-electron chi connectivity index (χ4n) is 2.68. The van der Waals surface area contributed by atoms with Crippen LogP contribution in [0.15, 0.2) is 65.4 Å². The van der Waals surface area contributed by atoms with E-state index < -0.39 is 24.5 Å². The maximum Gasteiger partial charge on any atom is 0.342 e. The van der Waals surface area contributed by atoms with Crippen LogP contribution in [0.2, 0.25) is 0 Å². The summed E-state index contributed by atoms with van der Waals surface area (Å²) in [4.78, 5) is 28.9. The number of ether oxygens (including phenoxy) is 1. The SMILES string of the molecule is Cn1ccnc1C(NC(=O)COC(=O)c1cc(Br)ccc1O)c1ccccc1. The first-order chi connectivity index (χ1) is 13.5. The van der Waals surface area contributed by atoms with Crippen molar-refractivity contribution < 1.29 is 19.4 Å². The molecule has 28 heavy (non-hydrogen) atoms. The van der Waals surface area contributed by atoms with E-state index >= 15 is 0 Å². The molecule has 1 aromatic heterocycles. The van der Waals surface area contributed by atoms with Crippen LogP contribution in [0.1, 0.15) is 27.8 Å². The van der Waals surface area contributed by atoms with Gasteiger partial charge in [-0.15, -0.1) is 0 Å². The van der Waals surface area contributed by atoms with Gasteiger partial charge < -0.3 is 19.7 Å². The van der Waals surface area contributed by atoms with Gasteiger partial charge in [0.1, 0.15) is 23.2 Å². The van der Waals surface area contributed by atoms with Crippen LogP contribution >= 0.6 is 15.9 Å². The molecule has 1 amide bonds. The monoisotopic (exact) mass is 443 g/mol. The summed E-state index contributed by atoms with van der Waals surface area (Å²) in [6.45, 7) is -0.488. The second-order valence-electron chi connectivity index (χ2n) is 6.05. The number of phenolic OH excluding ortho intramolecular Hbond substituents is 1. The molecule has 0 fully saturated rings. The Morgan fingerprint density at radius 2 is 2.00 bits per heavy atom. The molecule has 0 aliphatic carbocycles. The van der Waals surface area contributed by atoms with E-state index in [1.54, 1.807) is 18.5 Å². The van der Waals surface area contributed by atoms with E-state index in [1.165, 1.54) is 12.1 Å². The topological polar surface area (TPSA) is 93.5 Å². The van der Waals surface area contributed by atoms with Gasteiger partial charge in [0.15, 0.2) is 6.61 Å².